The van der Waals surface area contributed by atoms with E-state index in [9.17, 15) is 18.0 Å². The molecule has 1 heterocycles. The van der Waals surface area contributed by atoms with Crippen molar-refractivity contribution in [3.05, 3.63) is 11.6 Å². The maximum Gasteiger partial charge on any atom is 0.408 e. The Morgan fingerprint density at radius 2 is 2.17 bits per heavy atom. The number of carbonyl (C=O) groups excluding carboxylic acids is 1. The zero-order valence-corrected chi connectivity index (χ0v) is 6.40. The van der Waals surface area contributed by atoms with Crippen molar-refractivity contribution in [1.29, 1.82) is 0 Å². The largest absolute Gasteiger partial charge is 0.408 e. The van der Waals surface area contributed by atoms with Gasteiger partial charge in [0.1, 0.15) is 6.04 Å². The van der Waals surface area contributed by atoms with Gasteiger partial charge < -0.3 is 5.32 Å². The number of hydrogen-bond donors (Lipinski definition) is 1. The number of carbonyl (C=O) groups is 1. The average Bonchev–Trinajstić information content (AvgIpc) is 1.82. The van der Waals surface area contributed by atoms with Gasteiger partial charge in [0.25, 0.3) is 0 Å². The molecule has 1 amide bonds. The fraction of sp³-hybridized carbons (Fsp3) is 0.571. The van der Waals surface area contributed by atoms with Crippen LogP contribution in [0.15, 0.2) is 11.6 Å². The fourth-order valence-corrected chi connectivity index (χ4v) is 1.07. The molecule has 0 saturated heterocycles. The number of rotatable bonds is 0. The Balaban J connectivity index is 2.74. The second kappa shape index (κ2) is 2.80. The minimum atomic E-state index is -4.34. The molecule has 1 aliphatic rings. The molecule has 0 aromatic carbocycles. The second-order valence-electron chi connectivity index (χ2n) is 2.80. The SMILES string of the molecule is CC1=CC(=O)NC(C(F)(F)F)C1. The maximum atomic E-state index is 12.0. The van der Waals surface area contributed by atoms with E-state index in [1.54, 1.807) is 0 Å². The van der Waals surface area contributed by atoms with E-state index in [1.165, 1.54) is 13.0 Å². The van der Waals surface area contributed by atoms with Crippen LogP contribution in [-0.2, 0) is 4.79 Å². The highest BCUT2D eigenvalue weighted by molar-refractivity contribution is 5.89. The Hall–Kier alpha value is -1.00. The van der Waals surface area contributed by atoms with Gasteiger partial charge >= 0.3 is 6.18 Å². The lowest BCUT2D eigenvalue weighted by Gasteiger charge is -2.24. The molecule has 0 aromatic rings. The van der Waals surface area contributed by atoms with Crippen LogP contribution in [0.3, 0.4) is 0 Å². The third-order valence-electron chi connectivity index (χ3n) is 1.62. The first-order valence-electron chi connectivity index (χ1n) is 3.44. The van der Waals surface area contributed by atoms with Crippen molar-refractivity contribution < 1.29 is 18.0 Å². The molecular weight excluding hydrogens is 171 g/mol. The van der Waals surface area contributed by atoms with Gasteiger partial charge in [-0.2, -0.15) is 13.2 Å². The molecule has 0 bridgehead atoms. The Morgan fingerprint density at radius 3 is 2.58 bits per heavy atom. The van der Waals surface area contributed by atoms with E-state index in [4.69, 9.17) is 0 Å². The summed E-state index contributed by atoms with van der Waals surface area (Å²) in [6.07, 6.45) is -3.30. The molecule has 0 saturated carbocycles. The van der Waals surface area contributed by atoms with Crippen molar-refractivity contribution in [2.75, 3.05) is 0 Å². The number of amides is 1. The normalized spacial score (nSPS) is 24.8. The molecule has 1 unspecified atom stereocenters. The minimum absolute atomic E-state index is 0.144. The molecule has 12 heavy (non-hydrogen) atoms. The van der Waals surface area contributed by atoms with E-state index in [0.29, 0.717) is 5.57 Å². The van der Waals surface area contributed by atoms with E-state index in [1.807, 2.05) is 5.32 Å². The topological polar surface area (TPSA) is 29.1 Å². The van der Waals surface area contributed by atoms with Gasteiger partial charge in [-0.25, -0.2) is 0 Å². The molecule has 2 nitrogen and oxygen atoms in total. The van der Waals surface area contributed by atoms with Crippen LogP contribution in [0.4, 0.5) is 13.2 Å². The quantitative estimate of drug-likeness (QED) is 0.598. The average molecular weight is 179 g/mol. The molecule has 0 aromatic heterocycles. The summed E-state index contributed by atoms with van der Waals surface area (Å²) in [5.41, 5.74) is 0.459. The van der Waals surface area contributed by atoms with Crippen LogP contribution in [0.25, 0.3) is 0 Å². The van der Waals surface area contributed by atoms with Crippen LogP contribution in [0, 0.1) is 0 Å². The maximum absolute atomic E-state index is 12.0. The lowest BCUT2D eigenvalue weighted by atomic mass is 10.0. The summed E-state index contributed by atoms with van der Waals surface area (Å²) >= 11 is 0. The zero-order chi connectivity index (χ0) is 9.35. The number of hydrogen-bond acceptors (Lipinski definition) is 1. The first-order valence-corrected chi connectivity index (χ1v) is 3.44. The highest BCUT2D eigenvalue weighted by atomic mass is 19.4. The Labute approximate surface area is 67.4 Å². The van der Waals surface area contributed by atoms with E-state index in [0.717, 1.165) is 0 Å². The predicted octanol–water partition coefficient (Wildman–Crippen LogP) is 1.38. The predicted molar refractivity (Wildman–Crippen MR) is 36.4 cm³/mol. The summed E-state index contributed by atoms with van der Waals surface area (Å²) < 4.78 is 36.1. The summed E-state index contributed by atoms with van der Waals surface area (Å²) in [7, 11) is 0. The fourth-order valence-electron chi connectivity index (χ4n) is 1.07. The van der Waals surface area contributed by atoms with E-state index >= 15 is 0 Å². The van der Waals surface area contributed by atoms with Crippen molar-refractivity contribution >= 4 is 5.91 Å². The van der Waals surface area contributed by atoms with Gasteiger partial charge in [-0.3, -0.25) is 4.79 Å². The van der Waals surface area contributed by atoms with Crippen LogP contribution in [0.5, 0.6) is 0 Å². The summed E-state index contributed by atoms with van der Waals surface area (Å²) in [5.74, 6) is -0.666. The van der Waals surface area contributed by atoms with Crippen molar-refractivity contribution in [2.24, 2.45) is 0 Å². The second-order valence-corrected chi connectivity index (χ2v) is 2.80. The summed E-state index contributed by atoms with van der Waals surface area (Å²) in [5, 5.41) is 1.85. The lowest BCUT2D eigenvalue weighted by Crippen LogP contribution is -2.47. The molecule has 0 radical (unpaired) electrons. The van der Waals surface area contributed by atoms with Gasteiger partial charge in [0, 0.05) is 6.08 Å². The van der Waals surface area contributed by atoms with Gasteiger partial charge in [-0.15, -0.1) is 0 Å². The van der Waals surface area contributed by atoms with Crippen LogP contribution in [0.1, 0.15) is 13.3 Å². The Bertz CT molecular complexity index is 231. The molecule has 1 aliphatic heterocycles. The smallest absolute Gasteiger partial charge is 0.341 e. The van der Waals surface area contributed by atoms with Crippen molar-refractivity contribution in [3.63, 3.8) is 0 Å². The monoisotopic (exact) mass is 179 g/mol. The summed E-state index contributed by atoms with van der Waals surface area (Å²) in [4.78, 5) is 10.6. The number of halogens is 3. The minimum Gasteiger partial charge on any atom is -0.341 e. The summed E-state index contributed by atoms with van der Waals surface area (Å²) in [6, 6.07) is -1.71. The van der Waals surface area contributed by atoms with Crippen LogP contribution in [-0.4, -0.2) is 18.1 Å². The molecule has 68 valence electrons. The van der Waals surface area contributed by atoms with Crippen LogP contribution in [0.2, 0.25) is 0 Å². The van der Waals surface area contributed by atoms with Crippen LogP contribution < -0.4 is 5.32 Å². The highest BCUT2D eigenvalue weighted by Crippen LogP contribution is 2.26. The molecule has 5 heteroatoms. The van der Waals surface area contributed by atoms with Gasteiger partial charge in [0.15, 0.2) is 0 Å². The number of alkyl halides is 3. The van der Waals surface area contributed by atoms with Crippen molar-refractivity contribution in [1.82, 2.24) is 5.32 Å². The van der Waals surface area contributed by atoms with Gasteiger partial charge in [-0.05, 0) is 13.3 Å². The molecule has 0 fully saturated rings. The Kier molecular flexibility index (Phi) is 2.12. The van der Waals surface area contributed by atoms with Gasteiger partial charge in [0.05, 0.1) is 0 Å². The number of nitrogens with one attached hydrogen (secondary N) is 1. The first-order chi connectivity index (χ1) is 5.39. The third-order valence-corrected chi connectivity index (χ3v) is 1.62. The molecular formula is C7H8F3NO. The van der Waals surface area contributed by atoms with Gasteiger partial charge in [-0.1, -0.05) is 5.57 Å². The van der Waals surface area contributed by atoms with E-state index in [2.05, 4.69) is 0 Å². The van der Waals surface area contributed by atoms with Crippen LogP contribution >= 0.6 is 0 Å². The molecule has 0 aliphatic carbocycles. The third kappa shape index (κ3) is 1.99. The van der Waals surface area contributed by atoms with Gasteiger partial charge in [0.2, 0.25) is 5.91 Å². The van der Waals surface area contributed by atoms with Crippen molar-refractivity contribution in [3.8, 4) is 0 Å². The lowest BCUT2D eigenvalue weighted by molar-refractivity contribution is -0.161. The zero-order valence-electron chi connectivity index (χ0n) is 6.40. The highest BCUT2D eigenvalue weighted by Gasteiger charge is 2.41. The molecule has 0 spiro atoms. The van der Waals surface area contributed by atoms with Crippen molar-refractivity contribution in [2.45, 2.75) is 25.6 Å². The Morgan fingerprint density at radius 1 is 1.58 bits per heavy atom. The molecule has 1 rings (SSSR count). The van der Waals surface area contributed by atoms with E-state index < -0.39 is 18.1 Å². The summed E-state index contributed by atoms with van der Waals surface area (Å²) in [6.45, 7) is 1.51. The standard InChI is InChI=1S/C7H8F3NO/c1-4-2-5(7(8,9)10)11-6(12)3-4/h3,5H,2H2,1H3,(H,11,12). The first kappa shape index (κ1) is 9.09. The molecule has 1 N–H and O–H groups in total. The molecule has 1 atom stereocenters. The van der Waals surface area contributed by atoms with E-state index in [-0.39, 0.29) is 6.42 Å².